The van der Waals surface area contributed by atoms with Gasteiger partial charge in [-0.1, -0.05) is 11.6 Å². The summed E-state index contributed by atoms with van der Waals surface area (Å²) in [5.74, 6) is 1.17. The zero-order valence-corrected chi connectivity index (χ0v) is 17.3. The number of aromatic nitrogens is 1. The van der Waals surface area contributed by atoms with E-state index < -0.39 is 10.0 Å². The Morgan fingerprint density at radius 2 is 1.96 bits per heavy atom. The Morgan fingerprint density at radius 1 is 1.29 bits per heavy atom. The third-order valence-corrected chi connectivity index (χ3v) is 6.96. The molecule has 28 heavy (non-hydrogen) atoms. The van der Waals surface area contributed by atoms with Gasteiger partial charge in [-0.05, 0) is 44.0 Å². The summed E-state index contributed by atoms with van der Waals surface area (Å²) in [5.41, 5.74) is 0.876. The molecule has 1 aromatic carbocycles. The Balaban J connectivity index is 1.45. The Labute approximate surface area is 170 Å². The molecule has 9 heteroatoms. The molecule has 1 aromatic heterocycles. The summed E-state index contributed by atoms with van der Waals surface area (Å²) in [7, 11) is -3.15. The quantitative estimate of drug-likeness (QED) is 0.736. The summed E-state index contributed by atoms with van der Waals surface area (Å²) in [6.45, 7) is 2.54. The molecule has 1 N–H and O–H groups in total. The van der Waals surface area contributed by atoms with Crippen molar-refractivity contribution in [3.8, 4) is 11.3 Å². The molecular formula is C19H24ClN3O4S. The van der Waals surface area contributed by atoms with Crippen molar-refractivity contribution in [1.29, 1.82) is 0 Å². The van der Waals surface area contributed by atoms with Crippen LogP contribution in [-0.2, 0) is 21.2 Å². The number of amides is 1. The summed E-state index contributed by atoms with van der Waals surface area (Å²) in [5, 5.41) is 3.63. The zero-order valence-electron chi connectivity index (χ0n) is 15.7. The third kappa shape index (κ3) is 5.33. The van der Waals surface area contributed by atoms with Crippen molar-refractivity contribution in [2.45, 2.75) is 38.6 Å². The number of benzene rings is 1. The molecule has 0 spiro atoms. The van der Waals surface area contributed by atoms with Crippen molar-refractivity contribution >= 4 is 27.5 Å². The van der Waals surface area contributed by atoms with E-state index in [1.807, 2.05) is 12.1 Å². The van der Waals surface area contributed by atoms with Crippen molar-refractivity contribution in [2.24, 2.45) is 0 Å². The molecule has 0 bridgehead atoms. The fourth-order valence-corrected chi connectivity index (χ4v) is 4.41. The Kier molecular flexibility index (Phi) is 6.74. The van der Waals surface area contributed by atoms with E-state index in [-0.39, 0.29) is 24.1 Å². The van der Waals surface area contributed by atoms with Crippen LogP contribution in [-0.4, -0.2) is 48.5 Å². The number of rotatable bonds is 7. The van der Waals surface area contributed by atoms with Crippen LogP contribution >= 0.6 is 11.6 Å². The third-order valence-electron chi connectivity index (χ3n) is 4.83. The number of halogens is 1. The molecule has 0 saturated carbocycles. The van der Waals surface area contributed by atoms with Gasteiger partial charge in [0.1, 0.15) is 0 Å². The van der Waals surface area contributed by atoms with E-state index in [0.717, 1.165) is 5.56 Å². The van der Waals surface area contributed by atoms with Gasteiger partial charge in [-0.2, -0.15) is 0 Å². The van der Waals surface area contributed by atoms with E-state index in [2.05, 4.69) is 10.3 Å². The lowest BCUT2D eigenvalue weighted by atomic mass is 10.1. The molecule has 1 aliphatic rings. The number of hydrogen-bond acceptors (Lipinski definition) is 5. The molecule has 2 heterocycles. The highest BCUT2D eigenvalue weighted by molar-refractivity contribution is 7.89. The lowest BCUT2D eigenvalue weighted by Gasteiger charge is -2.31. The van der Waals surface area contributed by atoms with Gasteiger partial charge in [0.05, 0.1) is 11.9 Å². The Hall–Kier alpha value is -1.90. The standard InChI is InChI=1S/C19H24ClN3O4S/c1-2-28(25,26)23-11-9-16(10-12-23)22-18(24)7-8-19-21-13-17(27-19)14-3-5-15(20)6-4-14/h3-6,13,16H,2,7-12H2,1H3,(H,22,24). The number of aryl methyl sites for hydroxylation is 1. The first-order valence-electron chi connectivity index (χ1n) is 9.35. The molecule has 152 valence electrons. The molecule has 1 saturated heterocycles. The van der Waals surface area contributed by atoms with Crippen LogP contribution in [0, 0.1) is 0 Å². The predicted molar refractivity (Wildman–Crippen MR) is 107 cm³/mol. The first-order valence-corrected chi connectivity index (χ1v) is 11.3. The number of hydrogen-bond donors (Lipinski definition) is 1. The number of sulfonamides is 1. The maximum atomic E-state index is 12.2. The SMILES string of the molecule is CCS(=O)(=O)N1CCC(NC(=O)CCc2ncc(-c3ccc(Cl)cc3)o2)CC1. The minimum absolute atomic E-state index is 0.00462. The maximum absolute atomic E-state index is 12.2. The van der Waals surface area contributed by atoms with Gasteiger partial charge in [-0.25, -0.2) is 17.7 Å². The monoisotopic (exact) mass is 425 g/mol. The number of carbonyl (C=O) groups excluding carboxylic acids is 1. The lowest BCUT2D eigenvalue weighted by Crippen LogP contribution is -2.46. The Morgan fingerprint density at radius 3 is 2.61 bits per heavy atom. The van der Waals surface area contributed by atoms with Crippen LogP contribution in [0.4, 0.5) is 0 Å². The predicted octanol–water partition coefficient (Wildman–Crippen LogP) is 2.86. The summed E-state index contributed by atoms with van der Waals surface area (Å²) in [6, 6.07) is 7.27. The van der Waals surface area contributed by atoms with E-state index in [1.165, 1.54) is 4.31 Å². The molecule has 1 aliphatic heterocycles. The van der Waals surface area contributed by atoms with Crippen LogP contribution in [0.1, 0.15) is 32.1 Å². The van der Waals surface area contributed by atoms with Gasteiger partial charge in [0, 0.05) is 42.6 Å². The first-order chi connectivity index (χ1) is 13.4. The summed E-state index contributed by atoms with van der Waals surface area (Å²) in [4.78, 5) is 16.4. The van der Waals surface area contributed by atoms with Crippen LogP contribution in [0.5, 0.6) is 0 Å². The topological polar surface area (TPSA) is 92.5 Å². The van der Waals surface area contributed by atoms with Gasteiger partial charge >= 0.3 is 0 Å². The highest BCUT2D eigenvalue weighted by Crippen LogP contribution is 2.22. The van der Waals surface area contributed by atoms with Gasteiger partial charge in [-0.15, -0.1) is 0 Å². The lowest BCUT2D eigenvalue weighted by molar-refractivity contribution is -0.122. The van der Waals surface area contributed by atoms with Crippen LogP contribution in [0.2, 0.25) is 5.02 Å². The van der Waals surface area contributed by atoms with Crippen molar-refractivity contribution < 1.29 is 17.6 Å². The molecule has 0 unspecified atom stereocenters. The zero-order chi connectivity index (χ0) is 20.1. The molecule has 0 aliphatic carbocycles. The second-order valence-corrected chi connectivity index (χ2v) is 9.46. The average Bonchev–Trinajstić information content (AvgIpc) is 3.16. The summed E-state index contributed by atoms with van der Waals surface area (Å²) in [6.07, 6.45) is 3.58. The Bertz CT molecular complexity index is 904. The van der Waals surface area contributed by atoms with Crippen molar-refractivity contribution in [2.75, 3.05) is 18.8 Å². The first kappa shape index (κ1) is 20.8. The van der Waals surface area contributed by atoms with Gasteiger partial charge < -0.3 is 9.73 Å². The minimum Gasteiger partial charge on any atom is -0.441 e. The van der Waals surface area contributed by atoms with Gasteiger partial charge in [-0.3, -0.25) is 4.79 Å². The maximum Gasteiger partial charge on any atom is 0.220 e. The van der Waals surface area contributed by atoms with E-state index in [9.17, 15) is 13.2 Å². The van der Waals surface area contributed by atoms with Crippen LogP contribution < -0.4 is 5.32 Å². The fraction of sp³-hybridized carbons (Fsp3) is 0.474. The molecule has 1 amide bonds. The van der Waals surface area contributed by atoms with Crippen LogP contribution in [0.15, 0.2) is 34.9 Å². The highest BCUT2D eigenvalue weighted by Gasteiger charge is 2.27. The van der Waals surface area contributed by atoms with Crippen molar-refractivity contribution in [1.82, 2.24) is 14.6 Å². The number of piperidine rings is 1. The molecule has 0 radical (unpaired) electrons. The molecule has 2 aromatic rings. The average molecular weight is 426 g/mol. The molecule has 0 atom stereocenters. The van der Waals surface area contributed by atoms with E-state index in [1.54, 1.807) is 25.3 Å². The number of nitrogens with zero attached hydrogens (tertiary/aromatic N) is 2. The largest absolute Gasteiger partial charge is 0.441 e. The van der Waals surface area contributed by atoms with Gasteiger partial charge in [0.25, 0.3) is 0 Å². The van der Waals surface area contributed by atoms with Crippen molar-refractivity contribution in [3.63, 3.8) is 0 Å². The minimum atomic E-state index is -3.15. The van der Waals surface area contributed by atoms with Crippen molar-refractivity contribution in [3.05, 3.63) is 41.4 Å². The van der Waals surface area contributed by atoms with Gasteiger partial charge in [0.2, 0.25) is 15.9 Å². The van der Waals surface area contributed by atoms with E-state index in [4.69, 9.17) is 16.0 Å². The number of oxazole rings is 1. The summed E-state index contributed by atoms with van der Waals surface area (Å²) >= 11 is 5.88. The molecule has 7 nitrogen and oxygen atoms in total. The second kappa shape index (κ2) is 9.07. The van der Waals surface area contributed by atoms with E-state index >= 15 is 0 Å². The molecule has 1 fully saturated rings. The molecular weight excluding hydrogens is 402 g/mol. The summed E-state index contributed by atoms with van der Waals surface area (Å²) < 4.78 is 31.0. The van der Waals surface area contributed by atoms with Gasteiger partial charge in [0.15, 0.2) is 11.7 Å². The number of nitrogens with one attached hydrogen (secondary N) is 1. The molecule has 3 rings (SSSR count). The fourth-order valence-electron chi connectivity index (χ4n) is 3.15. The van der Waals surface area contributed by atoms with E-state index in [0.29, 0.717) is 49.0 Å². The highest BCUT2D eigenvalue weighted by atomic mass is 35.5. The normalized spacial score (nSPS) is 16.2. The number of carbonyl (C=O) groups is 1. The van der Waals surface area contributed by atoms with Crippen LogP contribution in [0.25, 0.3) is 11.3 Å². The van der Waals surface area contributed by atoms with Crippen LogP contribution in [0.3, 0.4) is 0 Å². The smallest absolute Gasteiger partial charge is 0.220 e. The second-order valence-electron chi connectivity index (χ2n) is 6.77.